The van der Waals surface area contributed by atoms with Gasteiger partial charge in [-0.15, -0.1) is 0 Å². The number of fused-ring (bicyclic) bond motifs is 1. The summed E-state index contributed by atoms with van der Waals surface area (Å²) in [5, 5.41) is 0. The fraction of sp³-hybridized carbons (Fsp3) is 0.235. The lowest BCUT2D eigenvalue weighted by atomic mass is 10.2. The molecule has 1 amide bonds. The van der Waals surface area contributed by atoms with Crippen LogP contribution in [0.1, 0.15) is 5.56 Å². The maximum absolute atomic E-state index is 12.2. The maximum Gasteiger partial charge on any atom is 0.326 e. The first-order chi connectivity index (χ1) is 11.1. The molecule has 0 atom stereocenters. The lowest BCUT2D eigenvalue weighted by Gasteiger charge is -2.17. The van der Waals surface area contributed by atoms with Crippen molar-refractivity contribution in [2.24, 2.45) is 0 Å². The number of nitrogens with zero attached hydrogens (tertiary/aromatic N) is 2. The van der Waals surface area contributed by atoms with Gasteiger partial charge in [-0.1, -0.05) is 24.3 Å². The molecule has 0 saturated heterocycles. The summed E-state index contributed by atoms with van der Waals surface area (Å²) in [5.41, 5.74) is 1.69. The van der Waals surface area contributed by atoms with Crippen LogP contribution in [0.5, 0.6) is 0 Å². The van der Waals surface area contributed by atoms with E-state index < -0.39 is 5.97 Å². The number of para-hydroxylation sites is 1. The minimum atomic E-state index is -0.612. The van der Waals surface area contributed by atoms with Crippen LogP contribution in [0.4, 0.5) is 5.69 Å². The highest BCUT2D eigenvalue weighted by Crippen LogP contribution is 2.27. The average molecular weight is 312 g/mol. The van der Waals surface area contributed by atoms with Crippen molar-refractivity contribution in [3.05, 3.63) is 64.6 Å². The number of benzene rings is 1. The number of rotatable bonds is 4. The molecule has 3 rings (SSSR count). The molecule has 0 spiro atoms. The third-order valence-electron chi connectivity index (χ3n) is 3.74. The van der Waals surface area contributed by atoms with Crippen molar-refractivity contribution in [3.63, 3.8) is 0 Å². The highest BCUT2D eigenvalue weighted by molar-refractivity contribution is 5.97. The highest BCUT2D eigenvalue weighted by Gasteiger charge is 2.24. The number of aromatic nitrogens is 1. The third kappa shape index (κ3) is 3.31. The van der Waals surface area contributed by atoms with Crippen LogP contribution in [0, 0.1) is 0 Å². The fourth-order valence-corrected chi connectivity index (χ4v) is 2.59. The van der Waals surface area contributed by atoms with Gasteiger partial charge in [0.2, 0.25) is 0 Å². The van der Waals surface area contributed by atoms with Gasteiger partial charge in [-0.25, -0.2) is 0 Å². The van der Waals surface area contributed by atoms with Gasteiger partial charge in [-0.05, 0) is 24.1 Å². The zero-order chi connectivity index (χ0) is 16.2. The minimum absolute atomic E-state index is 0.205. The van der Waals surface area contributed by atoms with Crippen molar-refractivity contribution >= 4 is 17.6 Å². The predicted octanol–water partition coefficient (Wildman–Crippen LogP) is 0.981. The lowest BCUT2D eigenvalue weighted by molar-refractivity contribution is -0.148. The van der Waals surface area contributed by atoms with E-state index in [-0.39, 0.29) is 24.6 Å². The third-order valence-corrected chi connectivity index (χ3v) is 3.74. The molecule has 1 aliphatic heterocycles. The summed E-state index contributed by atoms with van der Waals surface area (Å²) in [7, 11) is 0. The second kappa shape index (κ2) is 6.48. The summed E-state index contributed by atoms with van der Waals surface area (Å²) in [4.78, 5) is 37.1. The van der Waals surface area contributed by atoms with Crippen molar-refractivity contribution in [1.82, 2.24) is 4.57 Å². The normalized spacial score (nSPS) is 12.8. The van der Waals surface area contributed by atoms with E-state index in [1.807, 2.05) is 24.3 Å². The summed E-state index contributed by atoms with van der Waals surface area (Å²) < 4.78 is 6.23. The Morgan fingerprint density at radius 3 is 2.70 bits per heavy atom. The Balaban J connectivity index is 1.57. The van der Waals surface area contributed by atoms with Crippen molar-refractivity contribution in [2.45, 2.75) is 13.0 Å². The molecule has 2 aromatic rings. The number of hydrogen-bond acceptors (Lipinski definition) is 4. The Morgan fingerprint density at radius 1 is 1.09 bits per heavy atom. The molecule has 1 aromatic carbocycles. The summed E-state index contributed by atoms with van der Waals surface area (Å²) >= 11 is 0. The minimum Gasteiger partial charge on any atom is -0.454 e. The van der Waals surface area contributed by atoms with E-state index in [4.69, 9.17) is 4.74 Å². The average Bonchev–Trinajstić information content (AvgIpc) is 2.99. The zero-order valence-corrected chi connectivity index (χ0v) is 12.5. The number of ether oxygens (including phenoxy) is 1. The molecule has 0 saturated carbocycles. The molecule has 0 N–H and O–H groups in total. The Bertz CT molecular complexity index is 797. The maximum atomic E-state index is 12.2. The second-order valence-corrected chi connectivity index (χ2v) is 5.25. The second-order valence-electron chi connectivity index (χ2n) is 5.25. The van der Waals surface area contributed by atoms with Gasteiger partial charge in [0, 0.05) is 24.5 Å². The first kappa shape index (κ1) is 15.0. The van der Waals surface area contributed by atoms with Crippen molar-refractivity contribution in [1.29, 1.82) is 0 Å². The van der Waals surface area contributed by atoms with Crippen LogP contribution >= 0.6 is 0 Å². The molecule has 118 valence electrons. The monoisotopic (exact) mass is 312 g/mol. The molecule has 0 bridgehead atoms. The number of carbonyl (C=O) groups is 2. The van der Waals surface area contributed by atoms with Crippen molar-refractivity contribution in [3.8, 4) is 0 Å². The van der Waals surface area contributed by atoms with Gasteiger partial charge in [0.25, 0.3) is 11.5 Å². The SMILES string of the molecule is O=C(Cn1ccccc1=O)OCC(=O)N1CCc2ccccc21. The summed E-state index contributed by atoms with van der Waals surface area (Å²) in [6, 6.07) is 12.3. The molecule has 23 heavy (non-hydrogen) atoms. The molecule has 1 aliphatic rings. The van der Waals surface area contributed by atoms with E-state index in [0.717, 1.165) is 17.7 Å². The zero-order valence-electron chi connectivity index (χ0n) is 12.5. The highest BCUT2D eigenvalue weighted by atomic mass is 16.5. The summed E-state index contributed by atoms with van der Waals surface area (Å²) in [6.45, 7) is 0.0617. The van der Waals surface area contributed by atoms with Gasteiger partial charge in [-0.3, -0.25) is 14.4 Å². The Morgan fingerprint density at radius 2 is 1.87 bits per heavy atom. The van der Waals surface area contributed by atoms with E-state index >= 15 is 0 Å². The summed E-state index contributed by atoms with van der Waals surface area (Å²) in [6.07, 6.45) is 2.30. The van der Waals surface area contributed by atoms with Gasteiger partial charge in [0.05, 0.1) is 0 Å². The van der Waals surface area contributed by atoms with Crippen molar-refractivity contribution in [2.75, 3.05) is 18.1 Å². The molecule has 6 nitrogen and oxygen atoms in total. The van der Waals surface area contributed by atoms with Crippen molar-refractivity contribution < 1.29 is 14.3 Å². The number of hydrogen-bond donors (Lipinski definition) is 0. The Hall–Kier alpha value is -2.89. The van der Waals surface area contributed by atoms with Crippen LogP contribution in [0.2, 0.25) is 0 Å². The quantitative estimate of drug-likeness (QED) is 0.789. The number of esters is 1. The van der Waals surface area contributed by atoms with Crippen LogP contribution in [0.15, 0.2) is 53.5 Å². The molecular formula is C17H16N2O4. The molecular weight excluding hydrogens is 296 g/mol. The molecule has 0 radical (unpaired) electrons. The number of pyridine rings is 1. The Kier molecular flexibility index (Phi) is 4.23. The van der Waals surface area contributed by atoms with Crippen LogP contribution in [0.25, 0.3) is 0 Å². The molecule has 0 unspecified atom stereocenters. The number of amides is 1. The van der Waals surface area contributed by atoms with Gasteiger partial charge < -0.3 is 14.2 Å². The topological polar surface area (TPSA) is 68.6 Å². The van der Waals surface area contributed by atoms with E-state index in [9.17, 15) is 14.4 Å². The van der Waals surface area contributed by atoms with Gasteiger partial charge in [0.1, 0.15) is 6.54 Å². The largest absolute Gasteiger partial charge is 0.454 e. The predicted molar refractivity (Wildman–Crippen MR) is 84.2 cm³/mol. The van der Waals surface area contributed by atoms with Gasteiger partial charge in [0.15, 0.2) is 6.61 Å². The molecule has 0 aliphatic carbocycles. The van der Waals surface area contributed by atoms with Gasteiger partial charge in [-0.2, -0.15) is 0 Å². The van der Waals surface area contributed by atoms with Crippen LogP contribution in [-0.4, -0.2) is 29.6 Å². The van der Waals surface area contributed by atoms with E-state index in [1.54, 1.807) is 17.0 Å². The summed E-state index contributed by atoms with van der Waals surface area (Å²) in [5.74, 6) is -0.872. The van der Waals surface area contributed by atoms with Gasteiger partial charge >= 0.3 is 5.97 Å². The smallest absolute Gasteiger partial charge is 0.326 e. The van der Waals surface area contributed by atoms with E-state index in [1.165, 1.54) is 16.8 Å². The number of anilines is 1. The van der Waals surface area contributed by atoms with Crippen LogP contribution in [0.3, 0.4) is 0 Å². The van der Waals surface area contributed by atoms with E-state index in [2.05, 4.69) is 0 Å². The first-order valence-electron chi connectivity index (χ1n) is 7.34. The molecule has 6 heteroatoms. The van der Waals surface area contributed by atoms with Crippen LogP contribution < -0.4 is 10.5 Å². The fourth-order valence-electron chi connectivity index (χ4n) is 2.59. The molecule has 1 aromatic heterocycles. The Labute approximate surface area is 132 Å². The number of carbonyl (C=O) groups excluding carboxylic acids is 2. The van der Waals surface area contributed by atoms with E-state index in [0.29, 0.717) is 6.54 Å². The molecule has 0 fully saturated rings. The lowest BCUT2D eigenvalue weighted by Crippen LogP contribution is -2.34. The van der Waals surface area contributed by atoms with Crippen LogP contribution in [-0.2, 0) is 27.3 Å². The molecule has 2 heterocycles. The first-order valence-corrected chi connectivity index (χ1v) is 7.34. The standard InChI is InChI=1S/C17H16N2O4/c20-15-7-3-4-9-18(15)11-17(22)23-12-16(21)19-10-8-13-5-1-2-6-14(13)19/h1-7,9H,8,10-12H2.